The first-order valence-electron chi connectivity index (χ1n) is 7.79. The molecule has 5 nitrogen and oxygen atoms in total. The van der Waals surface area contributed by atoms with Crippen LogP contribution in [-0.4, -0.2) is 42.6 Å². The Morgan fingerprint density at radius 1 is 1.32 bits per heavy atom. The van der Waals surface area contributed by atoms with E-state index in [-0.39, 0.29) is 17.8 Å². The van der Waals surface area contributed by atoms with E-state index in [9.17, 15) is 9.59 Å². The smallest absolute Gasteiger partial charge is 0.310 e. The summed E-state index contributed by atoms with van der Waals surface area (Å²) in [6.45, 7) is 4.98. The number of carbonyl (C=O) groups is 2. The van der Waals surface area contributed by atoms with Crippen molar-refractivity contribution in [1.29, 1.82) is 0 Å². The van der Waals surface area contributed by atoms with Gasteiger partial charge in [-0.25, -0.2) is 0 Å². The molecule has 0 saturated carbocycles. The number of benzene rings is 1. The molecule has 0 aromatic heterocycles. The zero-order valence-electron chi connectivity index (χ0n) is 13.2. The zero-order valence-corrected chi connectivity index (χ0v) is 13.2. The Bertz CT molecular complexity index is 503. The summed E-state index contributed by atoms with van der Waals surface area (Å²) in [6, 6.07) is 9.27. The third-order valence-electron chi connectivity index (χ3n) is 3.76. The molecule has 2 rings (SSSR count). The highest BCUT2D eigenvalue weighted by atomic mass is 16.5. The number of carbonyl (C=O) groups excluding carboxylic acids is 2. The molecular weight excluding hydrogens is 282 g/mol. The average molecular weight is 305 g/mol. The number of hydrogen-bond donors (Lipinski definition) is 0. The van der Waals surface area contributed by atoms with Gasteiger partial charge in [-0.2, -0.15) is 0 Å². The van der Waals surface area contributed by atoms with E-state index in [2.05, 4.69) is 0 Å². The zero-order chi connectivity index (χ0) is 15.9. The van der Waals surface area contributed by atoms with E-state index in [0.29, 0.717) is 25.4 Å². The summed E-state index contributed by atoms with van der Waals surface area (Å²) in [5.41, 5.74) is 0. The van der Waals surface area contributed by atoms with E-state index in [4.69, 9.17) is 9.47 Å². The quantitative estimate of drug-likeness (QED) is 0.783. The van der Waals surface area contributed by atoms with Gasteiger partial charge in [-0.1, -0.05) is 18.2 Å². The van der Waals surface area contributed by atoms with Crippen LogP contribution in [0.4, 0.5) is 0 Å². The monoisotopic (exact) mass is 305 g/mol. The van der Waals surface area contributed by atoms with Crippen LogP contribution >= 0.6 is 0 Å². The molecule has 22 heavy (non-hydrogen) atoms. The van der Waals surface area contributed by atoms with Crippen LogP contribution in [-0.2, 0) is 14.3 Å². The van der Waals surface area contributed by atoms with Crippen LogP contribution in [0.5, 0.6) is 5.75 Å². The average Bonchev–Trinajstić information content (AvgIpc) is 2.55. The maximum absolute atomic E-state index is 12.5. The number of piperidine rings is 1. The SMILES string of the molecule is CCOC(=O)[C@H]1CCCN(C(=O)[C@@H](C)Oc2ccccc2)C1. The molecule has 0 N–H and O–H groups in total. The van der Waals surface area contributed by atoms with Gasteiger partial charge in [0.15, 0.2) is 6.10 Å². The van der Waals surface area contributed by atoms with Crippen molar-refractivity contribution in [1.82, 2.24) is 4.90 Å². The molecule has 1 heterocycles. The van der Waals surface area contributed by atoms with Crippen LogP contribution in [0.3, 0.4) is 0 Å². The molecular formula is C17H23NO4. The predicted octanol–water partition coefficient (Wildman–Crippen LogP) is 2.26. The molecule has 2 atom stereocenters. The van der Waals surface area contributed by atoms with Crippen LogP contribution in [0.1, 0.15) is 26.7 Å². The molecule has 1 aliphatic rings. The number of esters is 1. The Labute approximate surface area is 131 Å². The second-order valence-electron chi connectivity index (χ2n) is 5.45. The highest BCUT2D eigenvalue weighted by Gasteiger charge is 2.31. The Balaban J connectivity index is 1.92. The molecule has 5 heteroatoms. The lowest BCUT2D eigenvalue weighted by Gasteiger charge is -2.33. The number of para-hydroxylation sites is 1. The third-order valence-corrected chi connectivity index (χ3v) is 3.76. The van der Waals surface area contributed by atoms with E-state index in [0.717, 1.165) is 12.8 Å². The molecule has 1 aromatic rings. The molecule has 0 bridgehead atoms. The standard InChI is InChI=1S/C17H23NO4/c1-3-21-17(20)14-8-7-11-18(12-14)16(19)13(2)22-15-9-5-4-6-10-15/h4-6,9-10,13-14H,3,7-8,11-12H2,1-2H3/t13-,14+/m1/s1. The summed E-state index contributed by atoms with van der Waals surface area (Å²) in [5.74, 6) is 0.151. The van der Waals surface area contributed by atoms with Crippen molar-refractivity contribution in [2.24, 2.45) is 5.92 Å². The largest absolute Gasteiger partial charge is 0.481 e. The maximum atomic E-state index is 12.5. The Morgan fingerprint density at radius 2 is 2.05 bits per heavy atom. The first-order valence-corrected chi connectivity index (χ1v) is 7.79. The second kappa shape index (κ2) is 7.82. The van der Waals surface area contributed by atoms with Gasteiger partial charge in [-0.3, -0.25) is 9.59 Å². The first-order chi connectivity index (χ1) is 10.6. The highest BCUT2D eigenvalue weighted by molar-refractivity contribution is 5.82. The van der Waals surface area contributed by atoms with E-state index < -0.39 is 6.10 Å². The third kappa shape index (κ3) is 4.23. The summed E-state index contributed by atoms with van der Waals surface area (Å²) >= 11 is 0. The maximum Gasteiger partial charge on any atom is 0.310 e. The van der Waals surface area contributed by atoms with Crippen LogP contribution in [0.2, 0.25) is 0 Å². The first kappa shape index (κ1) is 16.3. The minimum absolute atomic E-state index is 0.0853. The van der Waals surface area contributed by atoms with Crippen molar-refractivity contribution in [3.05, 3.63) is 30.3 Å². The fourth-order valence-electron chi connectivity index (χ4n) is 2.64. The number of nitrogens with zero attached hydrogens (tertiary/aromatic N) is 1. The molecule has 0 radical (unpaired) electrons. The Kier molecular flexibility index (Phi) is 5.81. The van der Waals surface area contributed by atoms with Gasteiger partial charge in [-0.15, -0.1) is 0 Å². The number of amides is 1. The van der Waals surface area contributed by atoms with Crippen molar-refractivity contribution >= 4 is 11.9 Å². The fraction of sp³-hybridized carbons (Fsp3) is 0.529. The van der Waals surface area contributed by atoms with Gasteiger partial charge >= 0.3 is 5.97 Å². The number of ether oxygens (including phenoxy) is 2. The Hall–Kier alpha value is -2.04. The predicted molar refractivity (Wildman–Crippen MR) is 82.5 cm³/mol. The van der Waals surface area contributed by atoms with Crippen LogP contribution in [0.15, 0.2) is 30.3 Å². The van der Waals surface area contributed by atoms with Crippen LogP contribution in [0.25, 0.3) is 0 Å². The minimum atomic E-state index is -0.566. The molecule has 120 valence electrons. The molecule has 1 aliphatic heterocycles. The van der Waals surface area contributed by atoms with E-state index in [1.807, 2.05) is 30.3 Å². The molecule has 0 spiro atoms. The van der Waals surface area contributed by atoms with Crippen molar-refractivity contribution < 1.29 is 19.1 Å². The van der Waals surface area contributed by atoms with Gasteiger partial charge in [0.1, 0.15) is 5.75 Å². The van der Waals surface area contributed by atoms with Crippen LogP contribution < -0.4 is 4.74 Å². The van der Waals surface area contributed by atoms with Gasteiger partial charge in [0, 0.05) is 13.1 Å². The van der Waals surface area contributed by atoms with Crippen molar-refractivity contribution in [2.75, 3.05) is 19.7 Å². The van der Waals surface area contributed by atoms with Crippen molar-refractivity contribution in [2.45, 2.75) is 32.8 Å². The summed E-state index contributed by atoms with van der Waals surface area (Å²) in [5, 5.41) is 0. The summed E-state index contributed by atoms with van der Waals surface area (Å²) in [4.78, 5) is 26.0. The number of hydrogen-bond acceptors (Lipinski definition) is 4. The normalized spacial score (nSPS) is 19.4. The Morgan fingerprint density at radius 3 is 2.73 bits per heavy atom. The van der Waals surface area contributed by atoms with Crippen molar-refractivity contribution in [3.8, 4) is 5.75 Å². The van der Waals surface area contributed by atoms with E-state index in [1.54, 1.807) is 18.7 Å². The van der Waals surface area contributed by atoms with Gasteiger partial charge in [0.25, 0.3) is 5.91 Å². The van der Waals surface area contributed by atoms with Crippen molar-refractivity contribution in [3.63, 3.8) is 0 Å². The topological polar surface area (TPSA) is 55.8 Å². The van der Waals surface area contributed by atoms with E-state index >= 15 is 0 Å². The van der Waals surface area contributed by atoms with Gasteiger partial charge in [0.2, 0.25) is 0 Å². The second-order valence-corrected chi connectivity index (χ2v) is 5.45. The molecule has 1 fully saturated rings. The molecule has 0 unspecified atom stereocenters. The lowest BCUT2D eigenvalue weighted by atomic mass is 9.98. The molecule has 0 aliphatic carbocycles. The molecule has 1 saturated heterocycles. The summed E-state index contributed by atoms with van der Waals surface area (Å²) < 4.78 is 10.7. The van der Waals surface area contributed by atoms with Crippen LogP contribution in [0, 0.1) is 5.92 Å². The van der Waals surface area contributed by atoms with Gasteiger partial charge < -0.3 is 14.4 Å². The van der Waals surface area contributed by atoms with Gasteiger partial charge in [0.05, 0.1) is 12.5 Å². The van der Waals surface area contributed by atoms with Gasteiger partial charge in [-0.05, 0) is 38.8 Å². The summed E-state index contributed by atoms with van der Waals surface area (Å²) in [7, 11) is 0. The summed E-state index contributed by atoms with van der Waals surface area (Å²) in [6.07, 6.45) is 1.02. The minimum Gasteiger partial charge on any atom is -0.481 e. The fourth-order valence-corrected chi connectivity index (χ4v) is 2.64. The molecule has 1 aromatic carbocycles. The number of likely N-dealkylation sites (tertiary alicyclic amines) is 1. The van der Waals surface area contributed by atoms with E-state index in [1.165, 1.54) is 0 Å². The lowest BCUT2D eigenvalue weighted by Crippen LogP contribution is -2.47. The lowest BCUT2D eigenvalue weighted by molar-refractivity contribution is -0.152. The number of rotatable bonds is 5. The molecule has 1 amide bonds. The highest BCUT2D eigenvalue weighted by Crippen LogP contribution is 2.20.